The fourth-order valence-electron chi connectivity index (χ4n) is 2.41. The summed E-state index contributed by atoms with van der Waals surface area (Å²) in [6.45, 7) is 3.22. The molecule has 0 saturated carbocycles. The Bertz CT molecular complexity index is 664. The van der Waals surface area contributed by atoms with Crippen LogP contribution < -0.4 is 0 Å². The maximum Gasteiger partial charge on any atom is 0.246 e. The van der Waals surface area contributed by atoms with Gasteiger partial charge in [-0.15, -0.1) is 0 Å². The number of hydrogen-bond donors (Lipinski definition) is 1. The summed E-state index contributed by atoms with van der Waals surface area (Å²) in [4.78, 5) is 6.55. The van der Waals surface area contributed by atoms with Crippen LogP contribution in [0.2, 0.25) is 0 Å². The molecular formula is C13H17N5O2S. The van der Waals surface area contributed by atoms with E-state index in [1.165, 1.54) is 16.7 Å². The number of nitrogens with zero attached hydrogens (tertiary/aromatic N) is 4. The zero-order chi connectivity index (χ0) is 14.7. The molecular weight excluding hydrogens is 290 g/mol. The van der Waals surface area contributed by atoms with Crippen LogP contribution in [-0.4, -0.2) is 59.0 Å². The highest BCUT2D eigenvalue weighted by Gasteiger charge is 2.28. The average molecular weight is 307 g/mol. The van der Waals surface area contributed by atoms with Crippen molar-refractivity contribution in [3.05, 3.63) is 42.5 Å². The van der Waals surface area contributed by atoms with Crippen LogP contribution in [0.1, 0.15) is 5.56 Å². The van der Waals surface area contributed by atoms with E-state index in [4.69, 9.17) is 0 Å². The summed E-state index contributed by atoms with van der Waals surface area (Å²) in [7, 11) is -3.41. The molecule has 1 aliphatic heterocycles. The molecule has 7 nitrogen and oxygen atoms in total. The van der Waals surface area contributed by atoms with Crippen LogP contribution >= 0.6 is 0 Å². The number of sulfonamides is 1. The minimum Gasteiger partial charge on any atom is -0.296 e. The molecule has 0 aliphatic carbocycles. The van der Waals surface area contributed by atoms with Gasteiger partial charge in [-0.3, -0.25) is 15.0 Å². The Hall–Kier alpha value is -1.77. The number of H-pyrrole nitrogens is 1. The van der Waals surface area contributed by atoms with Gasteiger partial charge >= 0.3 is 0 Å². The molecule has 21 heavy (non-hydrogen) atoms. The molecule has 0 spiro atoms. The maximum atomic E-state index is 12.4. The topological polar surface area (TPSA) is 82.2 Å². The van der Waals surface area contributed by atoms with Crippen LogP contribution in [0.25, 0.3) is 0 Å². The molecule has 1 aliphatic rings. The van der Waals surface area contributed by atoms with Crippen LogP contribution in [-0.2, 0) is 16.6 Å². The molecule has 1 saturated heterocycles. The zero-order valence-corrected chi connectivity index (χ0v) is 12.3. The van der Waals surface area contributed by atoms with Gasteiger partial charge in [-0.25, -0.2) is 8.42 Å². The van der Waals surface area contributed by atoms with E-state index in [0.29, 0.717) is 26.2 Å². The lowest BCUT2D eigenvalue weighted by atomic mass is 10.2. The Morgan fingerprint density at radius 1 is 1.19 bits per heavy atom. The highest BCUT2D eigenvalue weighted by molar-refractivity contribution is 7.89. The highest BCUT2D eigenvalue weighted by Crippen LogP contribution is 2.16. The van der Waals surface area contributed by atoms with Gasteiger partial charge in [0.05, 0.1) is 6.20 Å². The summed E-state index contributed by atoms with van der Waals surface area (Å²) >= 11 is 0. The Morgan fingerprint density at radius 3 is 2.62 bits per heavy atom. The SMILES string of the molecule is O=S(=O)(c1cn[nH]c1)N1CCN(Cc2cccnc2)CC1. The van der Waals surface area contributed by atoms with Crippen molar-refractivity contribution >= 4 is 10.0 Å². The van der Waals surface area contributed by atoms with Crippen molar-refractivity contribution in [1.82, 2.24) is 24.4 Å². The van der Waals surface area contributed by atoms with Gasteiger partial charge in [0.2, 0.25) is 10.0 Å². The standard InChI is InChI=1S/C13H17N5O2S/c19-21(20,13-9-15-16-10-13)18-6-4-17(5-7-18)11-12-2-1-3-14-8-12/h1-3,8-10H,4-7,11H2,(H,15,16). The van der Waals surface area contributed by atoms with Crippen molar-refractivity contribution in [3.63, 3.8) is 0 Å². The van der Waals surface area contributed by atoms with E-state index in [2.05, 4.69) is 20.1 Å². The van der Waals surface area contributed by atoms with E-state index >= 15 is 0 Å². The first-order valence-corrected chi connectivity index (χ1v) is 8.20. The number of piperazine rings is 1. The predicted octanol–water partition coefficient (Wildman–Crippen LogP) is 0.311. The van der Waals surface area contributed by atoms with Crippen LogP contribution in [0.5, 0.6) is 0 Å². The molecule has 8 heteroatoms. The van der Waals surface area contributed by atoms with Gasteiger partial charge in [0, 0.05) is 51.3 Å². The summed E-state index contributed by atoms with van der Waals surface area (Å²) in [5.74, 6) is 0. The Labute approximate surface area is 123 Å². The van der Waals surface area contributed by atoms with Crippen LogP contribution in [0, 0.1) is 0 Å². The van der Waals surface area contributed by atoms with E-state index in [1.54, 1.807) is 6.20 Å². The molecule has 3 heterocycles. The van der Waals surface area contributed by atoms with Gasteiger partial charge < -0.3 is 0 Å². The third kappa shape index (κ3) is 3.12. The first-order chi connectivity index (χ1) is 10.2. The monoisotopic (exact) mass is 307 g/mol. The van der Waals surface area contributed by atoms with Crippen molar-refractivity contribution in [3.8, 4) is 0 Å². The molecule has 1 N–H and O–H groups in total. The van der Waals surface area contributed by atoms with Gasteiger partial charge in [0.15, 0.2) is 0 Å². The third-order valence-corrected chi connectivity index (χ3v) is 5.44. The van der Waals surface area contributed by atoms with E-state index in [0.717, 1.165) is 12.1 Å². The molecule has 0 atom stereocenters. The Kier molecular flexibility index (Phi) is 4.00. The van der Waals surface area contributed by atoms with Crippen LogP contribution in [0.3, 0.4) is 0 Å². The molecule has 3 rings (SSSR count). The minimum absolute atomic E-state index is 0.225. The largest absolute Gasteiger partial charge is 0.296 e. The summed E-state index contributed by atoms with van der Waals surface area (Å²) in [6, 6.07) is 3.94. The molecule has 2 aromatic heterocycles. The fraction of sp³-hybridized carbons (Fsp3) is 0.385. The number of rotatable bonds is 4. The second-order valence-electron chi connectivity index (χ2n) is 4.98. The number of aromatic nitrogens is 3. The molecule has 0 radical (unpaired) electrons. The van der Waals surface area contributed by atoms with E-state index < -0.39 is 10.0 Å². The minimum atomic E-state index is -3.41. The summed E-state index contributed by atoms with van der Waals surface area (Å²) < 4.78 is 26.2. The normalized spacial score (nSPS) is 17.9. The maximum absolute atomic E-state index is 12.4. The van der Waals surface area contributed by atoms with Gasteiger partial charge in [0.1, 0.15) is 4.90 Å². The lowest BCUT2D eigenvalue weighted by molar-refractivity contribution is 0.181. The molecule has 0 amide bonds. The van der Waals surface area contributed by atoms with Crippen molar-refractivity contribution in [2.75, 3.05) is 26.2 Å². The van der Waals surface area contributed by atoms with Crippen molar-refractivity contribution in [2.45, 2.75) is 11.4 Å². The Morgan fingerprint density at radius 2 is 2.00 bits per heavy atom. The van der Waals surface area contributed by atoms with Gasteiger partial charge in [-0.05, 0) is 11.6 Å². The molecule has 2 aromatic rings. The van der Waals surface area contributed by atoms with Gasteiger partial charge in [0.25, 0.3) is 0 Å². The van der Waals surface area contributed by atoms with Crippen molar-refractivity contribution in [2.24, 2.45) is 0 Å². The lowest BCUT2D eigenvalue weighted by Gasteiger charge is -2.33. The number of pyridine rings is 1. The van der Waals surface area contributed by atoms with Gasteiger partial charge in [-0.1, -0.05) is 6.07 Å². The highest BCUT2D eigenvalue weighted by atomic mass is 32.2. The Balaban J connectivity index is 1.61. The number of hydrogen-bond acceptors (Lipinski definition) is 5. The lowest BCUT2D eigenvalue weighted by Crippen LogP contribution is -2.48. The van der Waals surface area contributed by atoms with E-state index in [9.17, 15) is 8.42 Å². The second kappa shape index (κ2) is 5.92. The smallest absolute Gasteiger partial charge is 0.246 e. The molecule has 1 fully saturated rings. The second-order valence-corrected chi connectivity index (χ2v) is 6.91. The zero-order valence-electron chi connectivity index (χ0n) is 11.5. The molecule has 0 unspecified atom stereocenters. The number of aromatic amines is 1. The first kappa shape index (κ1) is 14.2. The fourth-order valence-corrected chi connectivity index (χ4v) is 3.74. The molecule has 112 valence electrons. The van der Waals surface area contributed by atoms with E-state index in [1.807, 2.05) is 18.3 Å². The van der Waals surface area contributed by atoms with E-state index in [-0.39, 0.29) is 4.90 Å². The first-order valence-electron chi connectivity index (χ1n) is 6.76. The third-order valence-electron chi connectivity index (χ3n) is 3.57. The van der Waals surface area contributed by atoms with Crippen LogP contribution in [0.15, 0.2) is 41.8 Å². The summed E-state index contributed by atoms with van der Waals surface area (Å²) in [5.41, 5.74) is 1.14. The van der Waals surface area contributed by atoms with Gasteiger partial charge in [-0.2, -0.15) is 9.40 Å². The summed E-state index contributed by atoms with van der Waals surface area (Å²) in [5, 5.41) is 6.25. The predicted molar refractivity (Wildman–Crippen MR) is 76.9 cm³/mol. The van der Waals surface area contributed by atoms with Crippen molar-refractivity contribution < 1.29 is 8.42 Å². The van der Waals surface area contributed by atoms with Crippen molar-refractivity contribution in [1.29, 1.82) is 0 Å². The molecule has 0 bridgehead atoms. The summed E-state index contributed by atoms with van der Waals surface area (Å²) in [6.07, 6.45) is 6.35. The quantitative estimate of drug-likeness (QED) is 0.879. The molecule has 0 aromatic carbocycles. The van der Waals surface area contributed by atoms with Crippen LogP contribution in [0.4, 0.5) is 0 Å². The number of nitrogens with one attached hydrogen (secondary N) is 1. The average Bonchev–Trinajstić information content (AvgIpc) is 3.04.